The number of benzene rings is 1. The molecule has 1 aromatic rings. The summed E-state index contributed by atoms with van der Waals surface area (Å²) >= 11 is 0. The summed E-state index contributed by atoms with van der Waals surface area (Å²) in [4.78, 5) is 14.1. The second kappa shape index (κ2) is 6.80. The van der Waals surface area contributed by atoms with Crippen molar-refractivity contribution in [2.24, 2.45) is 0 Å². The smallest absolute Gasteiger partial charge is 0.319 e. The van der Waals surface area contributed by atoms with Crippen LogP contribution in [0.4, 0.5) is 16.2 Å². The first-order valence-corrected chi connectivity index (χ1v) is 7.56. The zero-order valence-electron chi connectivity index (χ0n) is 13.0. The Morgan fingerprint density at radius 2 is 2.14 bits per heavy atom. The molecule has 5 heteroatoms. The lowest BCUT2D eigenvalue weighted by atomic mass is 10.2. The minimum Gasteiger partial charge on any atom is -0.391 e. The molecule has 0 radical (unpaired) electrons. The van der Waals surface area contributed by atoms with Crippen LogP contribution in [0.25, 0.3) is 0 Å². The lowest BCUT2D eigenvalue weighted by Gasteiger charge is -2.24. The van der Waals surface area contributed by atoms with Crippen LogP contribution in [0.2, 0.25) is 0 Å². The van der Waals surface area contributed by atoms with Gasteiger partial charge in [-0.3, -0.25) is 0 Å². The third-order valence-corrected chi connectivity index (χ3v) is 4.08. The Bertz CT molecular complexity index is 490. The standard InChI is InChI=1S/C16H25N3O2/c1-11(2)19(3)13-7-4-6-12(10-13)17-16(21)18-14-8-5-9-15(14)20/h4,6-7,10-11,14-15,20H,5,8-9H2,1-3H3,(H2,17,18,21)/t14-,15-/m1/s1. The third kappa shape index (κ3) is 4.11. The van der Waals surface area contributed by atoms with E-state index in [4.69, 9.17) is 0 Å². The molecule has 1 aliphatic carbocycles. The van der Waals surface area contributed by atoms with E-state index in [1.165, 1.54) is 0 Å². The highest BCUT2D eigenvalue weighted by molar-refractivity contribution is 5.90. The van der Waals surface area contributed by atoms with Gasteiger partial charge in [0.2, 0.25) is 0 Å². The summed E-state index contributed by atoms with van der Waals surface area (Å²) in [7, 11) is 2.03. The fourth-order valence-electron chi connectivity index (χ4n) is 2.55. The molecule has 1 aliphatic rings. The fourth-order valence-corrected chi connectivity index (χ4v) is 2.55. The van der Waals surface area contributed by atoms with Crippen molar-refractivity contribution >= 4 is 17.4 Å². The summed E-state index contributed by atoms with van der Waals surface area (Å²) < 4.78 is 0. The van der Waals surface area contributed by atoms with Gasteiger partial charge in [-0.2, -0.15) is 0 Å². The summed E-state index contributed by atoms with van der Waals surface area (Å²) in [5.74, 6) is 0. The van der Waals surface area contributed by atoms with Crippen LogP contribution in [0.15, 0.2) is 24.3 Å². The number of aliphatic hydroxyl groups excluding tert-OH is 1. The number of hydrogen-bond donors (Lipinski definition) is 3. The first-order chi connectivity index (χ1) is 9.97. The molecule has 2 atom stereocenters. The summed E-state index contributed by atoms with van der Waals surface area (Å²) in [5.41, 5.74) is 1.81. The van der Waals surface area contributed by atoms with Crippen molar-refractivity contribution in [2.45, 2.75) is 51.3 Å². The summed E-state index contributed by atoms with van der Waals surface area (Å²) in [6.07, 6.45) is 2.14. The first-order valence-electron chi connectivity index (χ1n) is 7.56. The van der Waals surface area contributed by atoms with E-state index in [-0.39, 0.29) is 12.1 Å². The minimum absolute atomic E-state index is 0.133. The van der Waals surface area contributed by atoms with Gasteiger partial charge in [0, 0.05) is 24.5 Å². The molecule has 0 spiro atoms. The van der Waals surface area contributed by atoms with Gasteiger partial charge >= 0.3 is 6.03 Å². The molecule has 1 saturated carbocycles. The van der Waals surface area contributed by atoms with E-state index in [0.29, 0.717) is 6.04 Å². The molecule has 2 rings (SSSR count). The molecule has 1 aromatic carbocycles. The third-order valence-electron chi connectivity index (χ3n) is 4.08. The molecular weight excluding hydrogens is 266 g/mol. The molecule has 2 amide bonds. The van der Waals surface area contributed by atoms with Crippen molar-refractivity contribution in [2.75, 3.05) is 17.3 Å². The number of carbonyl (C=O) groups excluding carboxylic acids is 1. The van der Waals surface area contributed by atoms with Crippen LogP contribution in [-0.2, 0) is 0 Å². The number of rotatable bonds is 4. The Morgan fingerprint density at radius 1 is 1.38 bits per heavy atom. The number of nitrogens with zero attached hydrogens (tertiary/aromatic N) is 1. The van der Waals surface area contributed by atoms with E-state index >= 15 is 0 Å². The molecule has 116 valence electrons. The Morgan fingerprint density at radius 3 is 2.76 bits per heavy atom. The zero-order valence-corrected chi connectivity index (χ0v) is 13.0. The van der Waals surface area contributed by atoms with Crippen LogP contribution in [0.1, 0.15) is 33.1 Å². The molecule has 0 heterocycles. The van der Waals surface area contributed by atoms with E-state index < -0.39 is 6.10 Å². The Balaban J connectivity index is 1.96. The highest BCUT2D eigenvalue weighted by atomic mass is 16.3. The number of amides is 2. The molecule has 0 saturated heterocycles. The average Bonchev–Trinajstić information content (AvgIpc) is 2.83. The van der Waals surface area contributed by atoms with Crippen molar-refractivity contribution in [1.29, 1.82) is 0 Å². The SMILES string of the molecule is CC(C)N(C)c1cccc(NC(=O)N[C@@H]2CCC[C@H]2O)c1. The van der Waals surface area contributed by atoms with Gasteiger partial charge in [0.15, 0.2) is 0 Å². The maximum Gasteiger partial charge on any atom is 0.319 e. The summed E-state index contributed by atoms with van der Waals surface area (Å²) in [5, 5.41) is 15.4. The number of anilines is 2. The largest absolute Gasteiger partial charge is 0.391 e. The quantitative estimate of drug-likeness (QED) is 0.799. The number of carbonyl (C=O) groups is 1. The van der Waals surface area contributed by atoms with Crippen LogP contribution in [0.5, 0.6) is 0 Å². The van der Waals surface area contributed by atoms with Crippen molar-refractivity contribution in [1.82, 2.24) is 5.32 Å². The average molecular weight is 291 g/mol. The van der Waals surface area contributed by atoms with E-state index in [1.807, 2.05) is 31.3 Å². The van der Waals surface area contributed by atoms with Crippen LogP contribution in [0, 0.1) is 0 Å². The lowest BCUT2D eigenvalue weighted by Crippen LogP contribution is -2.42. The lowest BCUT2D eigenvalue weighted by molar-refractivity contribution is 0.151. The van der Waals surface area contributed by atoms with E-state index in [0.717, 1.165) is 30.6 Å². The molecule has 5 nitrogen and oxygen atoms in total. The van der Waals surface area contributed by atoms with Gasteiger partial charge in [-0.05, 0) is 51.3 Å². The number of aliphatic hydroxyl groups is 1. The Hall–Kier alpha value is -1.75. The van der Waals surface area contributed by atoms with Gasteiger partial charge in [0.05, 0.1) is 12.1 Å². The van der Waals surface area contributed by atoms with E-state index in [1.54, 1.807) is 0 Å². The van der Waals surface area contributed by atoms with Gasteiger partial charge in [-0.15, -0.1) is 0 Å². The predicted molar refractivity (Wildman–Crippen MR) is 85.8 cm³/mol. The van der Waals surface area contributed by atoms with Crippen molar-refractivity contribution in [3.8, 4) is 0 Å². The van der Waals surface area contributed by atoms with Gasteiger partial charge in [-0.1, -0.05) is 6.07 Å². The van der Waals surface area contributed by atoms with Crippen LogP contribution < -0.4 is 15.5 Å². The molecule has 0 unspecified atom stereocenters. The number of hydrogen-bond acceptors (Lipinski definition) is 3. The molecule has 0 bridgehead atoms. The Kier molecular flexibility index (Phi) is 5.07. The van der Waals surface area contributed by atoms with E-state index in [2.05, 4.69) is 29.4 Å². The first kappa shape index (κ1) is 15.6. The Labute approximate surface area is 126 Å². The highest BCUT2D eigenvalue weighted by Gasteiger charge is 2.26. The fraction of sp³-hybridized carbons (Fsp3) is 0.562. The van der Waals surface area contributed by atoms with Gasteiger partial charge in [-0.25, -0.2) is 4.79 Å². The molecule has 0 aromatic heterocycles. The number of nitrogens with one attached hydrogen (secondary N) is 2. The van der Waals surface area contributed by atoms with Crippen LogP contribution in [0.3, 0.4) is 0 Å². The van der Waals surface area contributed by atoms with Crippen molar-refractivity contribution in [3.63, 3.8) is 0 Å². The highest BCUT2D eigenvalue weighted by Crippen LogP contribution is 2.21. The predicted octanol–water partition coefficient (Wildman–Crippen LogP) is 2.57. The molecule has 3 N–H and O–H groups in total. The van der Waals surface area contributed by atoms with Crippen LogP contribution in [-0.4, -0.2) is 36.4 Å². The minimum atomic E-state index is -0.422. The maximum absolute atomic E-state index is 12.0. The second-order valence-electron chi connectivity index (χ2n) is 5.96. The molecular formula is C16H25N3O2. The second-order valence-corrected chi connectivity index (χ2v) is 5.96. The monoisotopic (exact) mass is 291 g/mol. The topological polar surface area (TPSA) is 64.6 Å². The molecule has 21 heavy (non-hydrogen) atoms. The van der Waals surface area contributed by atoms with Crippen LogP contribution >= 0.6 is 0 Å². The van der Waals surface area contributed by atoms with Crippen molar-refractivity contribution < 1.29 is 9.90 Å². The molecule has 1 fully saturated rings. The van der Waals surface area contributed by atoms with Crippen molar-refractivity contribution in [3.05, 3.63) is 24.3 Å². The summed E-state index contributed by atoms with van der Waals surface area (Å²) in [6.45, 7) is 4.24. The van der Waals surface area contributed by atoms with Gasteiger partial charge < -0.3 is 20.6 Å². The van der Waals surface area contributed by atoms with E-state index in [9.17, 15) is 9.90 Å². The maximum atomic E-state index is 12.0. The van der Waals surface area contributed by atoms with Gasteiger partial charge in [0.25, 0.3) is 0 Å². The molecule has 0 aliphatic heterocycles. The zero-order chi connectivity index (χ0) is 15.4. The number of urea groups is 1. The normalized spacial score (nSPS) is 21.4. The van der Waals surface area contributed by atoms with Gasteiger partial charge in [0.1, 0.15) is 0 Å². The summed E-state index contributed by atoms with van der Waals surface area (Å²) in [6, 6.07) is 7.75.